The molecule has 3 rings (SSSR count). The minimum atomic E-state index is -0.182. The highest BCUT2D eigenvalue weighted by atomic mass is 19.1. The van der Waals surface area contributed by atoms with Gasteiger partial charge in [0.05, 0.1) is 13.1 Å². The summed E-state index contributed by atoms with van der Waals surface area (Å²) in [6.07, 6.45) is 3.02. The first-order chi connectivity index (χ1) is 9.81. The zero-order chi connectivity index (χ0) is 13.8. The SMILES string of the molecule is Fc1ccc(Cc2ccc([N+]3=CCNCC3)cc2)cc1. The molecule has 1 heterocycles. The van der Waals surface area contributed by atoms with Crippen molar-refractivity contribution in [1.82, 2.24) is 5.32 Å². The molecule has 0 saturated heterocycles. The van der Waals surface area contributed by atoms with Crippen molar-refractivity contribution >= 4 is 11.9 Å². The van der Waals surface area contributed by atoms with Crippen LogP contribution in [0.3, 0.4) is 0 Å². The Bertz CT molecular complexity index is 600. The fourth-order valence-corrected chi connectivity index (χ4v) is 2.45. The van der Waals surface area contributed by atoms with Crippen LogP contribution in [0.4, 0.5) is 10.1 Å². The van der Waals surface area contributed by atoms with Crippen LogP contribution in [-0.2, 0) is 6.42 Å². The number of hydrogen-bond donors (Lipinski definition) is 1. The van der Waals surface area contributed by atoms with Gasteiger partial charge in [-0.1, -0.05) is 24.3 Å². The Morgan fingerprint density at radius 2 is 1.60 bits per heavy atom. The van der Waals surface area contributed by atoms with Crippen LogP contribution in [-0.4, -0.2) is 30.4 Å². The maximum absolute atomic E-state index is 12.9. The summed E-state index contributed by atoms with van der Waals surface area (Å²) in [7, 11) is 0. The molecule has 0 aromatic heterocycles. The first kappa shape index (κ1) is 13.0. The molecule has 0 fully saturated rings. The molecular formula is C17H18FN2+. The molecule has 3 heteroatoms. The maximum atomic E-state index is 12.9. The average Bonchev–Trinajstić information content (AvgIpc) is 2.51. The van der Waals surface area contributed by atoms with Gasteiger partial charge in [-0.25, -0.2) is 8.97 Å². The van der Waals surface area contributed by atoms with Gasteiger partial charge in [0.15, 0.2) is 12.8 Å². The van der Waals surface area contributed by atoms with Crippen molar-refractivity contribution in [2.45, 2.75) is 6.42 Å². The molecule has 102 valence electrons. The van der Waals surface area contributed by atoms with Gasteiger partial charge in [-0.15, -0.1) is 0 Å². The molecule has 0 atom stereocenters. The minimum Gasteiger partial charge on any atom is -0.302 e. The van der Waals surface area contributed by atoms with E-state index in [1.54, 1.807) is 0 Å². The molecule has 2 aromatic rings. The number of benzene rings is 2. The molecule has 0 spiro atoms. The van der Waals surface area contributed by atoms with Crippen LogP contribution in [0.5, 0.6) is 0 Å². The number of nitrogens with zero attached hydrogens (tertiary/aromatic N) is 1. The molecule has 0 radical (unpaired) electrons. The van der Waals surface area contributed by atoms with E-state index in [9.17, 15) is 4.39 Å². The zero-order valence-corrected chi connectivity index (χ0v) is 11.3. The van der Waals surface area contributed by atoms with Gasteiger partial charge in [0, 0.05) is 12.1 Å². The number of rotatable bonds is 3. The third-order valence-electron chi connectivity index (χ3n) is 3.57. The highest BCUT2D eigenvalue weighted by Crippen LogP contribution is 2.16. The van der Waals surface area contributed by atoms with Gasteiger partial charge in [0.25, 0.3) is 0 Å². The van der Waals surface area contributed by atoms with Gasteiger partial charge < -0.3 is 5.32 Å². The van der Waals surface area contributed by atoms with Crippen molar-refractivity contribution < 1.29 is 8.97 Å². The lowest BCUT2D eigenvalue weighted by molar-refractivity contribution is -0.438. The smallest absolute Gasteiger partial charge is 0.204 e. The minimum absolute atomic E-state index is 0.182. The molecule has 0 saturated carbocycles. The van der Waals surface area contributed by atoms with E-state index in [0.29, 0.717) is 0 Å². The molecule has 0 amide bonds. The Morgan fingerprint density at radius 1 is 0.950 bits per heavy atom. The lowest BCUT2D eigenvalue weighted by Crippen LogP contribution is -2.33. The van der Waals surface area contributed by atoms with Crippen molar-refractivity contribution in [2.24, 2.45) is 0 Å². The van der Waals surface area contributed by atoms with E-state index in [0.717, 1.165) is 31.6 Å². The molecule has 1 aliphatic heterocycles. The van der Waals surface area contributed by atoms with Crippen LogP contribution in [0, 0.1) is 5.82 Å². The lowest BCUT2D eigenvalue weighted by atomic mass is 10.0. The van der Waals surface area contributed by atoms with Gasteiger partial charge in [0.1, 0.15) is 5.82 Å². The van der Waals surface area contributed by atoms with E-state index in [1.807, 2.05) is 12.1 Å². The second kappa shape index (κ2) is 5.97. The van der Waals surface area contributed by atoms with Crippen molar-refractivity contribution in [1.29, 1.82) is 0 Å². The topological polar surface area (TPSA) is 15.0 Å². The summed E-state index contributed by atoms with van der Waals surface area (Å²) in [6.45, 7) is 2.96. The van der Waals surface area contributed by atoms with Crippen LogP contribution >= 0.6 is 0 Å². The summed E-state index contributed by atoms with van der Waals surface area (Å²) in [5.74, 6) is -0.182. The van der Waals surface area contributed by atoms with Crippen molar-refractivity contribution in [3.8, 4) is 0 Å². The monoisotopic (exact) mass is 269 g/mol. The summed E-state index contributed by atoms with van der Waals surface area (Å²) in [4.78, 5) is 0. The predicted molar refractivity (Wildman–Crippen MR) is 79.4 cm³/mol. The van der Waals surface area contributed by atoms with E-state index >= 15 is 0 Å². The zero-order valence-electron chi connectivity index (χ0n) is 11.3. The maximum Gasteiger partial charge on any atom is 0.204 e. The number of hydrogen-bond acceptors (Lipinski definition) is 1. The fourth-order valence-electron chi connectivity index (χ4n) is 2.45. The Labute approximate surface area is 118 Å². The van der Waals surface area contributed by atoms with Gasteiger partial charge >= 0.3 is 0 Å². The van der Waals surface area contributed by atoms with Crippen LogP contribution in [0.1, 0.15) is 11.1 Å². The highest BCUT2D eigenvalue weighted by molar-refractivity contribution is 5.57. The Hall–Kier alpha value is -2.00. The Morgan fingerprint density at radius 3 is 2.20 bits per heavy atom. The van der Waals surface area contributed by atoms with E-state index in [1.165, 1.54) is 23.4 Å². The molecule has 2 aromatic carbocycles. The van der Waals surface area contributed by atoms with Crippen molar-refractivity contribution in [3.63, 3.8) is 0 Å². The number of nitrogens with one attached hydrogen (secondary N) is 1. The first-order valence-corrected chi connectivity index (χ1v) is 6.95. The second-order valence-corrected chi connectivity index (χ2v) is 5.05. The second-order valence-electron chi connectivity index (χ2n) is 5.05. The van der Waals surface area contributed by atoms with Crippen LogP contribution in [0.15, 0.2) is 48.5 Å². The molecule has 20 heavy (non-hydrogen) atoms. The average molecular weight is 269 g/mol. The molecule has 1 N–H and O–H groups in total. The van der Waals surface area contributed by atoms with Crippen molar-refractivity contribution in [2.75, 3.05) is 19.6 Å². The normalized spacial score (nSPS) is 14.9. The summed E-state index contributed by atoms with van der Waals surface area (Å²) in [5.41, 5.74) is 3.61. The van der Waals surface area contributed by atoms with Gasteiger partial charge in [-0.3, -0.25) is 0 Å². The van der Waals surface area contributed by atoms with E-state index < -0.39 is 0 Å². The van der Waals surface area contributed by atoms with E-state index in [4.69, 9.17) is 0 Å². The predicted octanol–water partition coefficient (Wildman–Crippen LogP) is 2.73. The summed E-state index contributed by atoms with van der Waals surface area (Å²) >= 11 is 0. The van der Waals surface area contributed by atoms with Gasteiger partial charge in [0.2, 0.25) is 5.69 Å². The standard InChI is InChI=1S/C17H18FN2/c18-16-5-1-14(2-6-16)13-15-3-7-17(8-4-15)20-11-9-19-10-12-20/h1-8,11,19H,9-10,12-13H2/q+1. The summed E-state index contributed by atoms with van der Waals surface area (Å²) in [5, 5.41) is 3.31. The van der Waals surface area contributed by atoms with Crippen LogP contribution in [0.25, 0.3) is 0 Å². The van der Waals surface area contributed by atoms with E-state index in [2.05, 4.69) is 40.4 Å². The largest absolute Gasteiger partial charge is 0.302 e. The fraction of sp³-hybridized carbons (Fsp3) is 0.235. The quantitative estimate of drug-likeness (QED) is 0.847. The molecule has 0 unspecified atom stereocenters. The molecule has 1 aliphatic rings. The number of halogens is 1. The molecular weight excluding hydrogens is 251 g/mol. The third kappa shape index (κ3) is 3.11. The van der Waals surface area contributed by atoms with Gasteiger partial charge in [-0.2, -0.15) is 0 Å². The molecule has 0 bridgehead atoms. The summed E-state index contributed by atoms with van der Waals surface area (Å²) < 4.78 is 15.1. The first-order valence-electron chi connectivity index (χ1n) is 6.95. The highest BCUT2D eigenvalue weighted by Gasteiger charge is 2.11. The molecule has 0 aliphatic carbocycles. The third-order valence-corrected chi connectivity index (χ3v) is 3.57. The lowest BCUT2D eigenvalue weighted by Gasteiger charge is -2.09. The summed E-state index contributed by atoms with van der Waals surface area (Å²) in [6, 6.07) is 15.3. The van der Waals surface area contributed by atoms with Crippen molar-refractivity contribution in [3.05, 3.63) is 65.5 Å². The van der Waals surface area contributed by atoms with Gasteiger partial charge in [-0.05, 0) is 29.7 Å². The van der Waals surface area contributed by atoms with Crippen LogP contribution < -0.4 is 5.32 Å². The Balaban J connectivity index is 1.72. The van der Waals surface area contributed by atoms with Crippen LogP contribution in [0.2, 0.25) is 0 Å². The van der Waals surface area contributed by atoms with E-state index in [-0.39, 0.29) is 5.82 Å². The molecule has 2 nitrogen and oxygen atoms in total. The Kier molecular flexibility index (Phi) is 3.88.